The lowest BCUT2D eigenvalue weighted by atomic mass is 10.0. The number of ether oxygens (including phenoxy) is 1. The van der Waals surface area contributed by atoms with Crippen LogP contribution in [0.25, 0.3) is 0 Å². The Balaban J connectivity index is 0.000000708. The van der Waals surface area contributed by atoms with Crippen LogP contribution in [0.5, 0.6) is 0 Å². The minimum absolute atomic E-state index is 0.00808. The number of rotatable bonds is 10. The number of alkyl halides is 3. The van der Waals surface area contributed by atoms with Gasteiger partial charge in [-0.2, -0.15) is 25.9 Å². The number of pyridine rings is 1. The minimum atomic E-state index is -5.08. The number of piperidine rings is 1. The van der Waals surface area contributed by atoms with Gasteiger partial charge in [-0.25, -0.2) is 14.6 Å². The Hall–Kier alpha value is -2.73. The van der Waals surface area contributed by atoms with Gasteiger partial charge in [0.2, 0.25) is 0 Å². The second kappa shape index (κ2) is 14.8. The van der Waals surface area contributed by atoms with E-state index < -0.39 is 28.3 Å². The van der Waals surface area contributed by atoms with Crippen molar-refractivity contribution in [3.8, 4) is 0 Å². The third kappa shape index (κ3) is 10.3. The Morgan fingerprint density at radius 1 is 1.12 bits per heavy atom. The molecular weight excluding hydrogens is 561 g/mol. The molecule has 1 aromatic heterocycles. The standard InChI is InChI=1S/C21H36N6O5S.C2HF3O2/c1-24(2)33(30,31)23-17-15-19(21(28)29)20(22-16-17)27-9-5-18(6-10-27)25(3)7-4-8-26-11-13-32-14-12-26;3-2(4,5)1(6)7/h15-16,18,23H,4-14H2,1-3H3,(H,28,29);(H,6,7). The fraction of sp³-hybridized carbons (Fsp3) is 0.696. The summed E-state index contributed by atoms with van der Waals surface area (Å²) in [4.78, 5) is 31.9. The smallest absolute Gasteiger partial charge is 0.478 e. The van der Waals surface area contributed by atoms with E-state index in [1.54, 1.807) is 0 Å². The van der Waals surface area contributed by atoms with E-state index in [-0.39, 0.29) is 11.3 Å². The van der Waals surface area contributed by atoms with Crippen molar-refractivity contribution >= 4 is 33.7 Å². The second-order valence-electron chi connectivity index (χ2n) is 9.60. The molecule has 17 heteroatoms. The number of aromatic nitrogens is 1. The van der Waals surface area contributed by atoms with Crippen LogP contribution in [0, 0.1) is 0 Å². The van der Waals surface area contributed by atoms with Crippen LogP contribution in [0.1, 0.15) is 29.6 Å². The lowest BCUT2D eigenvalue weighted by Gasteiger charge is -2.38. The maximum absolute atomic E-state index is 12.0. The first kappa shape index (κ1) is 33.5. The summed E-state index contributed by atoms with van der Waals surface area (Å²) in [6.07, 6.45) is -0.758. The van der Waals surface area contributed by atoms with E-state index in [4.69, 9.17) is 14.6 Å². The molecule has 0 aromatic carbocycles. The number of carboxylic acids is 2. The number of aliphatic carboxylic acids is 1. The van der Waals surface area contributed by atoms with Crippen molar-refractivity contribution in [1.29, 1.82) is 0 Å². The van der Waals surface area contributed by atoms with E-state index in [9.17, 15) is 31.5 Å². The van der Waals surface area contributed by atoms with Gasteiger partial charge in [0.25, 0.3) is 0 Å². The van der Waals surface area contributed by atoms with Crippen molar-refractivity contribution in [3.63, 3.8) is 0 Å². The Morgan fingerprint density at radius 2 is 1.70 bits per heavy atom. The molecule has 228 valence electrons. The van der Waals surface area contributed by atoms with Crippen molar-refractivity contribution < 1.29 is 46.1 Å². The van der Waals surface area contributed by atoms with Crippen molar-refractivity contribution in [2.45, 2.75) is 31.5 Å². The SMILES string of the molecule is CN(CCCN1CCOCC1)C1CCN(c2ncc(NS(=O)(=O)N(C)C)cc2C(=O)O)CC1.O=C(O)C(F)(F)F. The van der Waals surface area contributed by atoms with Gasteiger partial charge in [0.1, 0.15) is 11.4 Å². The third-order valence-electron chi connectivity index (χ3n) is 6.54. The van der Waals surface area contributed by atoms with Gasteiger partial charge in [0, 0.05) is 46.3 Å². The summed E-state index contributed by atoms with van der Waals surface area (Å²) in [5, 5.41) is 16.8. The summed E-state index contributed by atoms with van der Waals surface area (Å²) in [6, 6.07) is 1.78. The van der Waals surface area contributed by atoms with E-state index in [1.165, 1.54) is 26.4 Å². The van der Waals surface area contributed by atoms with Gasteiger partial charge in [-0.05, 0) is 45.5 Å². The first-order valence-corrected chi connectivity index (χ1v) is 14.0. The van der Waals surface area contributed by atoms with Crippen LogP contribution in [0.4, 0.5) is 24.7 Å². The van der Waals surface area contributed by atoms with Gasteiger partial charge in [-0.1, -0.05) is 0 Å². The van der Waals surface area contributed by atoms with Crippen molar-refractivity contribution in [2.24, 2.45) is 0 Å². The van der Waals surface area contributed by atoms with Crippen molar-refractivity contribution in [1.82, 2.24) is 19.1 Å². The molecule has 0 radical (unpaired) electrons. The quantitative estimate of drug-likeness (QED) is 0.356. The Kier molecular flexibility index (Phi) is 12.4. The molecule has 1 aromatic rings. The topological polar surface area (TPSA) is 156 Å². The molecule has 0 aliphatic carbocycles. The van der Waals surface area contributed by atoms with E-state index >= 15 is 0 Å². The number of halogens is 3. The van der Waals surface area contributed by atoms with E-state index in [1.807, 2.05) is 4.90 Å². The molecule has 13 nitrogen and oxygen atoms in total. The van der Waals surface area contributed by atoms with Crippen molar-refractivity contribution in [3.05, 3.63) is 17.8 Å². The number of carbonyl (C=O) groups is 2. The van der Waals surface area contributed by atoms with Crippen LogP contribution in [0.2, 0.25) is 0 Å². The molecule has 0 saturated carbocycles. The molecule has 2 saturated heterocycles. The van der Waals surface area contributed by atoms with E-state index in [0.717, 1.165) is 63.0 Å². The number of aromatic carboxylic acids is 1. The van der Waals surface area contributed by atoms with Crippen LogP contribution in [0.3, 0.4) is 0 Å². The Morgan fingerprint density at radius 3 is 2.20 bits per heavy atom. The number of nitrogens with zero attached hydrogens (tertiary/aromatic N) is 5. The first-order chi connectivity index (χ1) is 18.6. The van der Waals surface area contributed by atoms with Crippen molar-refractivity contribution in [2.75, 3.05) is 83.2 Å². The zero-order valence-corrected chi connectivity index (χ0v) is 23.5. The minimum Gasteiger partial charge on any atom is -0.478 e. The number of hydrogen-bond donors (Lipinski definition) is 3. The predicted molar refractivity (Wildman–Crippen MR) is 141 cm³/mol. The molecule has 0 spiro atoms. The average molecular weight is 599 g/mol. The molecule has 2 aliphatic rings. The molecule has 0 amide bonds. The fourth-order valence-corrected chi connectivity index (χ4v) is 4.82. The summed E-state index contributed by atoms with van der Waals surface area (Å²) >= 11 is 0. The molecule has 3 heterocycles. The fourth-order valence-electron chi connectivity index (χ4n) is 4.23. The van der Waals surface area contributed by atoms with Gasteiger partial charge >= 0.3 is 28.3 Å². The maximum atomic E-state index is 12.0. The third-order valence-corrected chi connectivity index (χ3v) is 8.00. The van der Waals surface area contributed by atoms with Crippen LogP contribution >= 0.6 is 0 Å². The molecule has 40 heavy (non-hydrogen) atoms. The number of anilines is 2. The van der Waals surface area contributed by atoms with Crippen LogP contribution in [-0.4, -0.2) is 136 Å². The Labute approximate surface area is 231 Å². The highest BCUT2D eigenvalue weighted by Gasteiger charge is 2.38. The van der Waals surface area contributed by atoms with Gasteiger partial charge in [0.05, 0.1) is 25.1 Å². The molecule has 2 aliphatic heterocycles. The summed E-state index contributed by atoms with van der Waals surface area (Å²) < 4.78 is 64.6. The number of nitrogens with one attached hydrogen (secondary N) is 1. The number of carboxylic acid groups (broad SMARTS) is 2. The molecule has 3 N–H and O–H groups in total. The predicted octanol–water partition coefficient (Wildman–Crippen LogP) is 1.25. The summed E-state index contributed by atoms with van der Waals surface area (Å²) in [6.45, 7) is 7.19. The lowest BCUT2D eigenvalue weighted by Crippen LogP contribution is -2.45. The molecule has 0 bridgehead atoms. The van der Waals surface area contributed by atoms with Crippen LogP contribution in [-0.2, 0) is 19.7 Å². The molecule has 0 unspecified atom stereocenters. The monoisotopic (exact) mass is 598 g/mol. The summed E-state index contributed by atoms with van der Waals surface area (Å²) in [7, 11) is 1.21. The second-order valence-corrected chi connectivity index (χ2v) is 11.5. The number of hydrogen-bond acceptors (Lipinski definition) is 9. The molecular formula is C23H37F3N6O7S. The van der Waals surface area contributed by atoms with Gasteiger partial charge < -0.3 is 24.7 Å². The molecule has 2 fully saturated rings. The average Bonchev–Trinajstić information content (AvgIpc) is 2.89. The molecule has 0 atom stereocenters. The normalized spacial score (nSPS) is 17.4. The zero-order valence-electron chi connectivity index (χ0n) is 22.7. The largest absolute Gasteiger partial charge is 0.490 e. The van der Waals surface area contributed by atoms with Gasteiger partial charge in [-0.3, -0.25) is 9.62 Å². The zero-order chi connectivity index (χ0) is 30.1. The number of morpholine rings is 1. The highest BCUT2D eigenvalue weighted by atomic mass is 32.2. The van der Waals surface area contributed by atoms with Crippen LogP contribution in [0.15, 0.2) is 12.3 Å². The maximum Gasteiger partial charge on any atom is 0.490 e. The van der Waals surface area contributed by atoms with E-state index in [2.05, 4.69) is 26.6 Å². The summed E-state index contributed by atoms with van der Waals surface area (Å²) in [5.41, 5.74) is 0.117. The van der Waals surface area contributed by atoms with Gasteiger partial charge in [0.15, 0.2) is 0 Å². The van der Waals surface area contributed by atoms with E-state index in [0.29, 0.717) is 24.9 Å². The van der Waals surface area contributed by atoms with Crippen LogP contribution < -0.4 is 9.62 Å². The highest BCUT2D eigenvalue weighted by molar-refractivity contribution is 7.90. The highest BCUT2D eigenvalue weighted by Crippen LogP contribution is 2.26. The van der Waals surface area contributed by atoms with Gasteiger partial charge in [-0.15, -0.1) is 0 Å². The first-order valence-electron chi connectivity index (χ1n) is 12.6. The Bertz CT molecular complexity index is 1090. The summed E-state index contributed by atoms with van der Waals surface area (Å²) in [5.74, 6) is -3.51. The molecule has 3 rings (SSSR count). The lowest BCUT2D eigenvalue weighted by molar-refractivity contribution is -0.192.